The normalized spacial score (nSPS) is 13.5. The molecule has 0 saturated carbocycles. The van der Waals surface area contributed by atoms with Gasteiger partial charge in [-0.3, -0.25) is 0 Å². The Bertz CT molecular complexity index is 5470. The summed E-state index contributed by atoms with van der Waals surface area (Å²) in [4.78, 5) is 10.3. The van der Waals surface area contributed by atoms with E-state index in [0.29, 0.717) is 0 Å². The largest absolute Gasteiger partial charge is 0.455 e. The first kappa shape index (κ1) is 62.1. The molecule has 0 amide bonds. The fourth-order valence-corrected chi connectivity index (χ4v) is 16.0. The molecule has 2 aromatic heterocycles. The zero-order chi connectivity index (χ0) is 68.6. The van der Waals surface area contributed by atoms with Gasteiger partial charge in [-0.25, -0.2) is 0 Å². The van der Waals surface area contributed by atoms with Gasteiger partial charge in [0, 0.05) is 78.3 Å². The second-order valence-electron chi connectivity index (χ2n) is 33.1. The van der Waals surface area contributed by atoms with Gasteiger partial charge >= 0.3 is 0 Å². The van der Waals surface area contributed by atoms with Gasteiger partial charge in [0.1, 0.15) is 11.2 Å². The van der Waals surface area contributed by atoms with Gasteiger partial charge in [0.05, 0.1) is 33.8 Å². The maximum Gasteiger partial charge on any atom is 0.252 e. The molecule has 99 heavy (non-hydrogen) atoms. The van der Waals surface area contributed by atoms with E-state index in [9.17, 15) is 0 Å². The van der Waals surface area contributed by atoms with Gasteiger partial charge in [-0.15, -0.1) is 0 Å². The highest BCUT2D eigenvalue weighted by atomic mass is 16.3. The first-order valence-corrected chi connectivity index (χ1v) is 35.4. The molecule has 488 valence electrons. The molecule has 0 fully saturated rings. The van der Waals surface area contributed by atoms with Gasteiger partial charge in [-0.1, -0.05) is 231 Å². The standard InChI is InChI=1S/C92H86BN5O/c1-88(2,3)58-35-42-65(43-36-58)94(66-44-37-59(38-45-66)89(4,5)6)68-46-47-75-78(54-68)96(67-40-33-57(34-41-67)70-30-24-31-72-71-29-22-23-32-83(71)99-87(70)72)79-55-69(95(63-25-18-16-19-26-63)64-27-20-17-21-28-64)56-80-84(79)93(75)76-51-62(92(13,14)15)53-82-86(76)98(80)81-52-61(91(10,11)12)50-74-73-49-60(90(7,8)9)39-48-77(73)97(82)85(74)81/h16-56H,1-15H3. The zero-order valence-electron chi connectivity index (χ0n) is 59.9. The molecule has 0 atom stereocenters. The van der Waals surface area contributed by atoms with Crippen molar-refractivity contribution < 1.29 is 4.42 Å². The van der Waals surface area contributed by atoms with E-state index in [2.05, 4.69) is 377 Å². The fraction of sp³-hybridized carbons (Fsp3) is 0.217. The second kappa shape index (κ2) is 22.0. The van der Waals surface area contributed by atoms with Crippen LogP contribution in [0.5, 0.6) is 0 Å². The molecule has 14 aromatic rings. The van der Waals surface area contributed by atoms with E-state index in [0.717, 1.165) is 89.9 Å². The van der Waals surface area contributed by atoms with E-state index in [1.54, 1.807) is 0 Å². The smallest absolute Gasteiger partial charge is 0.252 e. The van der Waals surface area contributed by atoms with Crippen molar-refractivity contribution in [1.82, 2.24) is 4.57 Å². The molecule has 5 heterocycles. The minimum absolute atomic E-state index is 0.0217. The lowest BCUT2D eigenvalue weighted by Crippen LogP contribution is -2.62. The van der Waals surface area contributed by atoms with Crippen molar-refractivity contribution in [2.24, 2.45) is 0 Å². The molecule has 3 aliphatic rings. The Kier molecular flexibility index (Phi) is 13.8. The fourth-order valence-electron chi connectivity index (χ4n) is 16.0. The molecule has 3 aliphatic heterocycles. The highest BCUT2D eigenvalue weighted by Crippen LogP contribution is 2.57. The molecule has 0 spiro atoms. The summed E-state index contributed by atoms with van der Waals surface area (Å²) in [6.07, 6.45) is 0. The lowest BCUT2D eigenvalue weighted by Gasteiger charge is -2.47. The van der Waals surface area contributed by atoms with E-state index in [1.165, 1.54) is 83.1 Å². The summed E-state index contributed by atoms with van der Waals surface area (Å²) in [5, 5.41) is 4.79. The minimum atomic E-state index is -0.208. The van der Waals surface area contributed by atoms with Crippen molar-refractivity contribution in [1.29, 1.82) is 0 Å². The lowest BCUT2D eigenvalue weighted by atomic mass is 9.33. The number of furan rings is 1. The molecule has 0 aliphatic carbocycles. The maximum atomic E-state index is 6.75. The van der Waals surface area contributed by atoms with Crippen LogP contribution in [0.1, 0.15) is 132 Å². The number of fused-ring (bicyclic) bond motifs is 12. The van der Waals surface area contributed by atoms with Crippen molar-refractivity contribution >= 4 is 135 Å². The van der Waals surface area contributed by atoms with Gasteiger partial charge in [0.2, 0.25) is 0 Å². The SMILES string of the molecule is CC(C)(C)c1ccc(N(c2ccc(C(C)(C)C)cc2)c2ccc3c(c2)N(c2ccc(-c4cccc5c4oc4ccccc45)cc2)c2cc(N(c4ccccc4)c4ccccc4)cc4c2B3c2cc(C(C)(C)C)cc3c2N4c2cc(C(C)(C)C)cc4c5cc(C(C)(C)C)ccc5n-3c24)cc1. The predicted molar refractivity (Wildman–Crippen MR) is 424 cm³/mol. The highest BCUT2D eigenvalue weighted by molar-refractivity contribution is 7.00. The summed E-state index contributed by atoms with van der Waals surface area (Å²) < 4.78 is 9.41. The summed E-state index contributed by atoms with van der Waals surface area (Å²) in [5.74, 6) is 0. The monoisotopic (exact) mass is 1290 g/mol. The average Bonchev–Trinajstić information content (AvgIpc) is 1.67. The third kappa shape index (κ3) is 10.0. The van der Waals surface area contributed by atoms with Crippen LogP contribution in [0.4, 0.5) is 68.2 Å². The molecule has 12 aromatic carbocycles. The summed E-state index contributed by atoms with van der Waals surface area (Å²) >= 11 is 0. The Balaban J connectivity index is 1.00. The molecule has 0 bridgehead atoms. The number of hydrogen-bond donors (Lipinski definition) is 0. The second-order valence-corrected chi connectivity index (χ2v) is 33.1. The van der Waals surface area contributed by atoms with Crippen LogP contribution < -0.4 is 36.0 Å². The Morgan fingerprint density at radius 1 is 0.323 bits per heavy atom. The van der Waals surface area contributed by atoms with Gasteiger partial charge < -0.3 is 28.6 Å². The predicted octanol–water partition coefficient (Wildman–Crippen LogP) is 24.2. The van der Waals surface area contributed by atoms with Crippen LogP contribution >= 0.6 is 0 Å². The van der Waals surface area contributed by atoms with Crippen LogP contribution in [0.3, 0.4) is 0 Å². The van der Waals surface area contributed by atoms with Crippen LogP contribution in [0, 0.1) is 0 Å². The van der Waals surface area contributed by atoms with E-state index in [1.807, 2.05) is 0 Å². The van der Waals surface area contributed by atoms with Gasteiger partial charge in [-0.05, 0) is 198 Å². The number of nitrogens with zero attached hydrogens (tertiary/aromatic N) is 5. The zero-order valence-corrected chi connectivity index (χ0v) is 59.9. The first-order valence-electron chi connectivity index (χ1n) is 35.4. The molecule has 0 N–H and O–H groups in total. The molecule has 7 heteroatoms. The van der Waals surface area contributed by atoms with Gasteiger partial charge in [0.15, 0.2) is 0 Å². The number of aromatic nitrogens is 1. The van der Waals surface area contributed by atoms with Crippen molar-refractivity contribution in [3.63, 3.8) is 0 Å². The van der Waals surface area contributed by atoms with Crippen LogP contribution in [-0.4, -0.2) is 11.3 Å². The van der Waals surface area contributed by atoms with Crippen LogP contribution in [0.25, 0.3) is 60.6 Å². The average molecular weight is 1290 g/mol. The van der Waals surface area contributed by atoms with Crippen molar-refractivity contribution in [2.45, 2.75) is 131 Å². The highest BCUT2D eigenvalue weighted by Gasteiger charge is 2.48. The molecular weight excluding hydrogens is 1200 g/mol. The summed E-state index contributed by atoms with van der Waals surface area (Å²) in [5.41, 5.74) is 30.7. The van der Waals surface area contributed by atoms with Crippen molar-refractivity contribution in [3.8, 4) is 16.8 Å². The molecule has 6 nitrogen and oxygen atoms in total. The molecule has 0 unspecified atom stereocenters. The van der Waals surface area contributed by atoms with E-state index < -0.39 is 0 Å². The molecule has 17 rings (SSSR count). The number of para-hydroxylation sites is 4. The molecule has 0 saturated heterocycles. The van der Waals surface area contributed by atoms with Crippen LogP contribution in [0.15, 0.2) is 253 Å². The first-order chi connectivity index (χ1) is 47.3. The summed E-state index contributed by atoms with van der Waals surface area (Å²) in [6.45, 7) is 34.9. The Morgan fingerprint density at radius 2 is 0.818 bits per heavy atom. The lowest BCUT2D eigenvalue weighted by molar-refractivity contribution is 0.590. The third-order valence-electron chi connectivity index (χ3n) is 21.4. The van der Waals surface area contributed by atoms with E-state index in [4.69, 9.17) is 4.42 Å². The van der Waals surface area contributed by atoms with E-state index >= 15 is 0 Å². The number of hydrogen-bond acceptors (Lipinski definition) is 5. The Morgan fingerprint density at radius 3 is 1.42 bits per heavy atom. The number of anilines is 12. The van der Waals surface area contributed by atoms with Crippen molar-refractivity contribution in [2.75, 3.05) is 19.6 Å². The van der Waals surface area contributed by atoms with Gasteiger partial charge in [0.25, 0.3) is 6.71 Å². The topological polar surface area (TPSA) is 31.0 Å². The summed E-state index contributed by atoms with van der Waals surface area (Å²) in [7, 11) is 0. The van der Waals surface area contributed by atoms with E-state index in [-0.39, 0.29) is 33.8 Å². The minimum Gasteiger partial charge on any atom is -0.455 e. The maximum absolute atomic E-state index is 6.75. The summed E-state index contributed by atoms with van der Waals surface area (Å²) in [6, 6.07) is 94.7. The van der Waals surface area contributed by atoms with Crippen LogP contribution in [-0.2, 0) is 27.1 Å². The molecule has 0 radical (unpaired) electrons. The number of rotatable bonds is 8. The van der Waals surface area contributed by atoms with Crippen molar-refractivity contribution in [3.05, 3.63) is 277 Å². The quantitative estimate of drug-likeness (QED) is 0.142. The Hall–Kier alpha value is -10.5. The van der Waals surface area contributed by atoms with Crippen LogP contribution in [0.2, 0.25) is 0 Å². The van der Waals surface area contributed by atoms with Gasteiger partial charge in [-0.2, -0.15) is 0 Å². The Labute approximate surface area is 584 Å². The third-order valence-corrected chi connectivity index (χ3v) is 21.4. The molecular formula is C92H86BN5O. The number of benzene rings is 12.